The third-order valence-corrected chi connectivity index (χ3v) is 8.15. The first-order chi connectivity index (χ1) is 21.0. The number of nitrogens with one attached hydrogen (secondary N) is 2. The van der Waals surface area contributed by atoms with Crippen LogP contribution in [0.15, 0.2) is 36.4 Å². The highest BCUT2D eigenvalue weighted by atomic mass is 16.5. The monoisotopic (exact) mass is 587 g/mol. The summed E-state index contributed by atoms with van der Waals surface area (Å²) in [5.41, 5.74) is 3.81. The number of aromatic nitrogens is 4. The second kappa shape index (κ2) is 12.2. The maximum atomic E-state index is 11.7. The number of hydrogen-bond donors (Lipinski definition) is 2. The van der Waals surface area contributed by atoms with Gasteiger partial charge in [-0.3, -0.25) is 9.89 Å². The van der Waals surface area contributed by atoms with Gasteiger partial charge in [0.1, 0.15) is 17.2 Å². The van der Waals surface area contributed by atoms with Crippen molar-refractivity contribution >= 4 is 34.3 Å². The molecule has 1 aliphatic carbocycles. The van der Waals surface area contributed by atoms with E-state index in [0.29, 0.717) is 53.2 Å². The van der Waals surface area contributed by atoms with Gasteiger partial charge in [-0.2, -0.15) is 15.1 Å². The second-order valence-corrected chi connectivity index (χ2v) is 10.7. The summed E-state index contributed by atoms with van der Waals surface area (Å²) in [5, 5.41) is 11.7. The molecule has 1 amide bonds. The highest BCUT2D eigenvalue weighted by molar-refractivity contribution is 5.95. The van der Waals surface area contributed by atoms with Gasteiger partial charge in [-0.25, -0.2) is 0 Å². The maximum Gasteiger partial charge on any atom is 0.232 e. The summed E-state index contributed by atoms with van der Waals surface area (Å²) in [5.74, 6) is 2.83. The van der Waals surface area contributed by atoms with E-state index in [-0.39, 0.29) is 12.0 Å². The van der Waals surface area contributed by atoms with E-state index < -0.39 is 0 Å². The fourth-order valence-electron chi connectivity index (χ4n) is 5.78. The Morgan fingerprint density at radius 1 is 0.907 bits per heavy atom. The molecule has 2 N–H and O–H groups in total. The van der Waals surface area contributed by atoms with E-state index in [0.717, 1.165) is 61.4 Å². The van der Waals surface area contributed by atoms with E-state index in [4.69, 9.17) is 28.9 Å². The lowest BCUT2D eigenvalue weighted by Crippen LogP contribution is -2.48. The smallest absolute Gasteiger partial charge is 0.232 e. The number of nitrogens with zero attached hydrogens (tertiary/aromatic N) is 5. The number of anilines is 3. The molecule has 226 valence electrons. The Bertz CT molecular complexity index is 1610. The zero-order valence-electron chi connectivity index (χ0n) is 25.0. The van der Waals surface area contributed by atoms with Crippen LogP contribution in [-0.2, 0) is 4.79 Å². The van der Waals surface area contributed by atoms with E-state index in [1.165, 1.54) is 0 Å². The topological polar surface area (TPSA) is 127 Å². The number of fused-ring (bicyclic) bond motifs is 1. The molecule has 0 bridgehead atoms. The largest absolute Gasteiger partial charge is 0.494 e. The minimum Gasteiger partial charge on any atom is -0.494 e. The Hall–Kier alpha value is -4.74. The predicted molar refractivity (Wildman–Crippen MR) is 164 cm³/mol. The predicted octanol–water partition coefficient (Wildman–Crippen LogP) is 4.78. The zero-order chi connectivity index (χ0) is 29.9. The molecule has 0 unspecified atom stereocenters. The average Bonchev–Trinajstić information content (AvgIpc) is 3.71. The third-order valence-electron chi connectivity index (χ3n) is 8.15. The molecule has 2 aliphatic rings. The van der Waals surface area contributed by atoms with Crippen molar-refractivity contribution in [2.24, 2.45) is 0 Å². The van der Waals surface area contributed by atoms with Crippen LogP contribution >= 0.6 is 0 Å². The molecule has 12 heteroatoms. The van der Waals surface area contributed by atoms with Crippen molar-refractivity contribution in [2.75, 3.05) is 57.7 Å². The van der Waals surface area contributed by atoms with Crippen LogP contribution in [0.5, 0.6) is 23.1 Å². The highest BCUT2D eigenvalue weighted by Gasteiger charge is 2.25. The molecule has 0 radical (unpaired) electrons. The van der Waals surface area contributed by atoms with Gasteiger partial charge in [0.05, 0.1) is 32.7 Å². The van der Waals surface area contributed by atoms with E-state index >= 15 is 0 Å². The normalized spacial score (nSPS) is 15.5. The van der Waals surface area contributed by atoms with Gasteiger partial charge in [-0.15, -0.1) is 0 Å². The molecule has 4 aromatic rings. The van der Waals surface area contributed by atoms with Crippen LogP contribution in [0.3, 0.4) is 0 Å². The SMILES string of the molecule is COc1cc(N2CCN(C(C)=O)CC2)ccc1Nc1nc(OC2CCCC2)c2c(-c3ccc(OC)c(OC)c3)[nH]nc2n1. The lowest BCUT2D eigenvalue weighted by Gasteiger charge is -2.35. The molecule has 3 heterocycles. The van der Waals surface area contributed by atoms with Gasteiger partial charge in [0.15, 0.2) is 17.1 Å². The van der Waals surface area contributed by atoms with Crippen LogP contribution in [0.25, 0.3) is 22.3 Å². The summed E-state index contributed by atoms with van der Waals surface area (Å²) in [6, 6.07) is 11.7. The number of aromatic amines is 1. The number of benzene rings is 2. The molecule has 1 saturated carbocycles. The molecule has 0 atom stereocenters. The minimum absolute atomic E-state index is 0.0800. The summed E-state index contributed by atoms with van der Waals surface area (Å²) >= 11 is 0. The molecule has 43 heavy (non-hydrogen) atoms. The molecule has 1 aliphatic heterocycles. The number of rotatable bonds is 9. The summed E-state index contributed by atoms with van der Waals surface area (Å²) in [4.78, 5) is 25.4. The van der Waals surface area contributed by atoms with E-state index in [1.54, 1.807) is 28.3 Å². The van der Waals surface area contributed by atoms with Crippen molar-refractivity contribution in [1.82, 2.24) is 25.1 Å². The van der Waals surface area contributed by atoms with Gasteiger partial charge in [0.25, 0.3) is 0 Å². The fourth-order valence-corrected chi connectivity index (χ4v) is 5.78. The highest BCUT2D eigenvalue weighted by Crippen LogP contribution is 2.39. The first-order valence-electron chi connectivity index (χ1n) is 14.6. The van der Waals surface area contributed by atoms with Crippen LogP contribution in [0.4, 0.5) is 17.3 Å². The van der Waals surface area contributed by atoms with Crippen molar-refractivity contribution in [3.63, 3.8) is 0 Å². The minimum atomic E-state index is 0.0800. The van der Waals surface area contributed by atoms with Crippen LogP contribution in [0.1, 0.15) is 32.6 Å². The number of methoxy groups -OCH3 is 3. The Morgan fingerprint density at radius 3 is 2.35 bits per heavy atom. The van der Waals surface area contributed by atoms with Crippen molar-refractivity contribution in [3.8, 4) is 34.4 Å². The van der Waals surface area contributed by atoms with Gasteiger partial charge in [-0.05, 0) is 56.0 Å². The quantitative estimate of drug-likeness (QED) is 0.282. The Kier molecular flexibility index (Phi) is 8.08. The van der Waals surface area contributed by atoms with Crippen molar-refractivity contribution < 1.29 is 23.7 Å². The standard InChI is InChI=1S/C31H37N7O5/c1-19(39)37-13-15-38(16-14-37)21-10-11-23(25(18-21)41-3)32-31-33-29-27(30(34-31)43-22-7-5-6-8-22)28(35-36-29)20-9-12-24(40-2)26(17-20)42-4/h9-12,17-18,22H,5-8,13-16H2,1-4H3,(H2,32,33,34,35,36). The van der Waals surface area contributed by atoms with E-state index in [9.17, 15) is 4.79 Å². The second-order valence-electron chi connectivity index (χ2n) is 10.7. The van der Waals surface area contributed by atoms with Gasteiger partial charge in [-0.1, -0.05) is 0 Å². The molecule has 6 rings (SSSR count). The molecule has 12 nitrogen and oxygen atoms in total. The summed E-state index contributed by atoms with van der Waals surface area (Å²) < 4.78 is 23.2. The van der Waals surface area contributed by atoms with Crippen LogP contribution in [-0.4, -0.2) is 84.6 Å². The van der Waals surface area contributed by atoms with Crippen molar-refractivity contribution in [2.45, 2.75) is 38.7 Å². The Labute approximate surface area is 250 Å². The van der Waals surface area contributed by atoms with Gasteiger partial charge >= 0.3 is 0 Å². The molecule has 1 saturated heterocycles. The number of carbonyl (C=O) groups is 1. The molecule has 2 aromatic heterocycles. The van der Waals surface area contributed by atoms with Gasteiger partial charge in [0.2, 0.25) is 17.7 Å². The maximum absolute atomic E-state index is 11.7. The van der Waals surface area contributed by atoms with Crippen LogP contribution in [0.2, 0.25) is 0 Å². The van der Waals surface area contributed by atoms with Crippen LogP contribution in [0, 0.1) is 0 Å². The first kappa shape index (κ1) is 28.4. The zero-order valence-corrected chi connectivity index (χ0v) is 25.0. The Balaban J connectivity index is 1.32. The van der Waals surface area contributed by atoms with Crippen LogP contribution < -0.4 is 29.2 Å². The molecule has 2 aromatic carbocycles. The fraction of sp³-hybridized carbons (Fsp3) is 0.419. The Morgan fingerprint density at radius 2 is 1.65 bits per heavy atom. The third kappa shape index (κ3) is 5.81. The van der Waals surface area contributed by atoms with Crippen molar-refractivity contribution in [1.29, 1.82) is 0 Å². The first-order valence-corrected chi connectivity index (χ1v) is 14.6. The van der Waals surface area contributed by atoms with E-state index in [2.05, 4.69) is 20.4 Å². The molecule has 2 fully saturated rings. The van der Waals surface area contributed by atoms with Gasteiger partial charge < -0.3 is 34.1 Å². The number of hydrogen-bond acceptors (Lipinski definition) is 10. The number of ether oxygens (including phenoxy) is 4. The molecular formula is C31H37N7O5. The number of H-pyrrole nitrogens is 1. The number of carbonyl (C=O) groups excluding carboxylic acids is 1. The average molecular weight is 588 g/mol. The van der Waals surface area contributed by atoms with E-state index in [1.807, 2.05) is 41.3 Å². The van der Waals surface area contributed by atoms with Crippen molar-refractivity contribution in [3.05, 3.63) is 36.4 Å². The molecular weight excluding hydrogens is 550 g/mol. The summed E-state index contributed by atoms with van der Waals surface area (Å²) in [6.07, 6.45) is 4.30. The molecule has 0 spiro atoms. The van der Waals surface area contributed by atoms with Gasteiger partial charge in [0, 0.05) is 50.4 Å². The number of piperazine rings is 1. The number of amides is 1. The summed E-state index contributed by atoms with van der Waals surface area (Å²) in [6.45, 7) is 4.54. The summed E-state index contributed by atoms with van der Waals surface area (Å²) in [7, 11) is 4.86. The lowest BCUT2D eigenvalue weighted by molar-refractivity contribution is -0.129. The lowest BCUT2D eigenvalue weighted by atomic mass is 10.1.